The molecular formula is C14H15BrN2O3S2. The molecule has 2 aromatic rings. The monoisotopic (exact) mass is 402 g/mol. The Bertz CT molecular complexity index is 713. The van der Waals surface area contributed by atoms with Crippen molar-refractivity contribution in [1.29, 1.82) is 0 Å². The number of hydrogen-bond donors (Lipinski definition) is 2. The first-order valence-corrected chi connectivity index (χ1v) is 9.72. The van der Waals surface area contributed by atoms with E-state index in [1.54, 1.807) is 23.5 Å². The lowest BCUT2D eigenvalue weighted by Crippen LogP contribution is -2.30. The van der Waals surface area contributed by atoms with Gasteiger partial charge in [-0.3, -0.25) is 4.79 Å². The van der Waals surface area contributed by atoms with Crippen LogP contribution in [0, 0.1) is 0 Å². The molecular weight excluding hydrogens is 388 g/mol. The fourth-order valence-corrected chi connectivity index (χ4v) is 3.64. The highest BCUT2D eigenvalue weighted by Crippen LogP contribution is 2.14. The van der Waals surface area contributed by atoms with Crippen LogP contribution in [-0.2, 0) is 21.4 Å². The number of sulfonamides is 1. The van der Waals surface area contributed by atoms with Crippen molar-refractivity contribution in [3.05, 3.63) is 51.1 Å². The maximum absolute atomic E-state index is 12.0. The molecule has 0 radical (unpaired) electrons. The molecule has 2 N–H and O–H groups in total. The molecule has 1 aromatic carbocycles. The van der Waals surface area contributed by atoms with Crippen molar-refractivity contribution >= 4 is 43.2 Å². The van der Waals surface area contributed by atoms with Crippen LogP contribution in [0.5, 0.6) is 0 Å². The summed E-state index contributed by atoms with van der Waals surface area (Å²) in [7, 11) is -3.58. The van der Waals surface area contributed by atoms with E-state index in [1.807, 2.05) is 16.8 Å². The van der Waals surface area contributed by atoms with Crippen LogP contribution in [0.3, 0.4) is 0 Å². The maximum Gasteiger partial charge on any atom is 0.240 e. The molecule has 0 fully saturated rings. The molecule has 22 heavy (non-hydrogen) atoms. The zero-order valence-electron chi connectivity index (χ0n) is 11.6. The van der Waals surface area contributed by atoms with Crippen LogP contribution in [0.15, 0.2) is 50.5 Å². The molecule has 0 saturated heterocycles. The summed E-state index contributed by atoms with van der Waals surface area (Å²) >= 11 is 4.81. The van der Waals surface area contributed by atoms with Gasteiger partial charge in [-0.2, -0.15) is 11.3 Å². The Balaban J connectivity index is 1.77. The van der Waals surface area contributed by atoms with Crippen LogP contribution in [-0.4, -0.2) is 20.9 Å². The quantitative estimate of drug-likeness (QED) is 0.746. The molecule has 0 aliphatic heterocycles. The van der Waals surface area contributed by atoms with Gasteiger partial charge in [-0.1, -0.05) is 15.9 Å². The van der Waals surface area contributed by atoms with E-state index in [2.05, 4.69) is 26.0 Å². The summed E-state index contributed by atoms with van der Waals surface area (Å²) in [5.74, 6) is -0.190. The topological polar surface area (TPSA) is 75.3 Å². The lowest BCUT2D eigenvalue weighted by atomic mass is 10.3. The molecule has 0 spiro atoms. The number of benzene rings is 1. The Morgan fingerprint density at radius 1 is 1.18 bits per heavy atom. The van der Waals surface area contributed by atoms with Gasteiger partial charge in [0, 0.05) is 24.0 Å². The van der Waals surface area contributed by atoms with Gasteiger partial charge in [0.1, 0.15) is 0 Å². The van der Waals surface area contributed by atoms with E-state index in [4.69, 9.17) is 0 Å². The minimum absolute atomic E-state index is 0.0634. The van der Waals surface area contributed by atoms with Crippen molar-refractivity contribution in [2.75, 3.05) is 6.54 Å². The highest BCUT2D eigenvalue weighted by molar-refractivity contribution is 9.10. The Labute approximate surface area is 141 Å². The van der Waals surface area contributed by atoms with Crippen molar-refractivity contribution in [3.63, 3.8) is 0 Å². The number of amides is 1. The van der Waals surface area contributed by atoms with Gasteiger partial charge < -0.3 is 5.32 Å². The third-order valence-corrected chi connectivity index (χ3v) is 5.58. The van der Waals surface area contributed by atoms with Gasteiger partial charge in [0.25, 0.3) is 0 Å². The third-order valence-electron chi connectivity index (χ3n) is 2.84. The first kappa shape index (κ1) is 17.1. The number of carbonyl (C=O) groups is 1. The number of nitrogens with one attached hydrogen (secondary N) is 2. The van der Waals surface area contributed by atoms with Gasteiger partial charge >= 0.3 is 0 Å². The molecule has 1 aromatic heterocycles. The highest BCUT2D eigenvalue weighted by Gasteiger charge is 2.13. The fraction of sp³-hybridized carbons (Fsp3) is 0.214. The Hall–Kier alpha value is -1.22. The van der Waals surface area contributed by atoms with E-state index < -0.39 is 10.0 Å². The van der Waals surface area contributed by atoms with Crippen LogP contribution in [0.4, 0.5) is 0 Å². The van der Waals surface area contributed by atoms with E-state index in [1.165, 1.54) is 12.1 Å². The Morgan fingerprint density at radius 2 is 1.91 bits per heavy atom. The summed E-state index contributed by atoms with van der Waals surface area (Å²) in [6, 6.07) is 8.25. The predicted molar refractivity (Wildman–Crippen MR) is 90.1 cm³/mol. The molecule has 0 aliphatic carbocycles. The van der Waals surface area contributed by atoms with E-state index in [0.717, 1.165) is 10.0 Å². The SMILES string of the molecule is O=C(CCNS(=O)(=O)c1ccc(Br)cc1)NCc1ccsc1. The average molecular weight is 403 g/mol. The number of carbonyl (C=O) groups excluding carboxylic acids is 1. The minimum Gasteiger partial charge on any atom is -0.352 e. The van der Waals surface area contributed by atoms with Gasteiger partial charge in [-0.15, -0.1) is 0 Å². The molecule has 0 atom stereocenters. The van der Waals surface area contributed by atoms with Crippen molar-refractivity contribution in [2.45, 2.75) is 17.9 Å². The number of hydrogen-bond acceptors (Lipinski definition) is 4. The maximum atomic E-state index is 12.0. The van der Waals surface area contributed by atoms with E-state index in [-0.39, 0.29) is 23.8 Å². The van der Waals surface area contributed by atoms with Gasteiger partial charge in [-0.25, -0.2) is 13.1 Å². The summed E-state index contributed by atoms with van der Waals surface area (Å²) in [4.78, 5) is 11.8. The lowest BCUT2D eigenvalue weighted by Gasteiger charge is -2.07. The summed E-state index contributed by atoms with van der Waals surface area (Å²) in [5.41, 5.74) is 1.04. The molecule has 5 nitrogen and oxygen atoms in total. The number of thiophene rings is 1. The summed E-state index contributed by atoms with van der Waals surface area (Å²) in [5, 5.41) is 6.64. The smallest absolute Gasteiger partial charge is 0.240 e. The van der Waals surface area contributed by atoms with Gasteiger partial charge in [0.2, 0.25) is 15.9 Å². The van der Waals surface area contributed by atoms with Gasteiger partial charge in [0.15, 0.2) is 0 Å². The predicted octanol–water partition coefficient (Wildman–Crippen LogP) is 2.50. The molecule has 118 valence electrons. The van der Waals surface area contributed by atoms with Gasteiger partial charge in [0.05, 0.1) is 4.90 Å². The molecule has 8 heteroatoms. The molecule has 2 rings (SSSR count). The van der Waals surface area contributed by atoms with Crippen molar-refractivity contribution in [2.24, 2.45) is 0 Å². The zero-order chi connectivity index (χ0) is 16.0. The normalized spacial score (nSPS) is 11.3. The van der Waals surface area contributed by atoms with Crippen molar-refractivity contribution in [1.82, 2.24) is 10.0 Å². The van der Waals surface area contributed by atoms with Crippen molar-refractivity contribution < 1.29 is 13.2 Å². The summed E-state index contributed by atoms with van der Waals surface area (Å²) in [6.45, 7) is 0.523. The molecule has 1 heterocycles. The highest BCUT2D eigenvalue weighted by atomic mass is 79.9. The van der Waals surface area contributed by atoms with Gasteiger partial charge in [-0.05, 0) is 46.7 Å². The first-order valence-electron chi connectivity index (χ1n) is 6.50. The van der Waals surface area contributed by atoms with Crippen LogP contribution in [0.2, 0.25) is 0 Å². The Kier molecular flexibility index (Phi) is 6.13. The van der Waals surface area contributed by atoms with E-state index in [9.17, 15) is 13.2 Å². The zero-order valence-corrected chi connectivity index (χ0v) is 14.8. The van der Waals surface area contributed by atoms with E-state index >= 15 is 0 Å². The molecule has 0 aliphatic rings. The van der Waals surface area contributed by atoms with Crippen molar-refractivity contribution in [3.8, 4) is 0 Å². The van der Waals surface area contributed by atoms with Crippen LogP contribution in [0.1, 0.15) is 12.0 Å². The number of rotatable bonds is 7. The fourth-order valence-electron chi connectivity index (χ4n) is 1.68. The molecule has 0 saturated carbocycles. The first-order chi connectivity index (χ1) is 10.5. The second-order valence-electron chi connectivity index (χ2n) is 4.51. The molecule has 0 unspecified atom stereocenters. The standard InChI is InChI=1S/C14H15BrN2O3S2/c15-12-1-3-13(4-2-12)22(19,20)17-7-5-14(18)16-9-11-6-8-21-10-11/h1-4,6,8,10,17H,5,7,9H2,(H,16,18). The number of halogens is 1. The Morgan fingerprint density at radius 3 is 2.55 bits per heavy atom. The average Bonchev–Trinajstić information content (AvgIpc) is 2.99. The van der Waals surface area contributed by atoms with E-state index in [0.29, 0.717) is 6.54 Å². The second kappa shape index (κ2) is 7.87. The largest absolute Gasteiger partial charge is 0.352 e. The van der Waals surface area contributed by atoms with Crippen LogP contribution < -0.4 is 10.0 Å². The minimum atomic E-state index is -3.58. The molecule has 1 amide bonds. The lowest BCUT2D eigenvalue weighted by molar-refractivity contribution is -0.121. The summed E-state index contributed by atoms with van der Waals surface area (Å²) in [6.07, 6.45) is 0.0971. The third kappa shape index (κ3) is 5.20. The summed E-state index contributed by atoms with van der Waals surface area (Å²) < 4.78 is 27.2. The molecule has 0 bridgehead atoms. The second-order valence-corrected chi connectivity index (χ2v) is 7.97. The van der Waals surface area contributed by atoms with Crippen LogP contribution >= 0.6 is 27.3 Å². The van der Waals surface area contributed by atoms with Crippen LogP contribution in [0.25, 0.3) is 0 Å².